The van der Waals surface area contributed by atoms with Crippen LogP contribution in [0.1, 0.15) is 17.3 Å². The minimum absolute atomic E-state index is 0.0807. The Labute approximate surface area is 117 Å². The Balaban J connectivity index is 2.23. The molecule has 1 aromatic carbocycles. The first-order chi connectivity index (χ1) is 8.70. The normalized spacial score (nSPS) is 12.4. The van der Waals surface area contributed by atoms with Gasteiger partial charge in [-0.2, -0.15) is 0 Å². The lowest BCUT2D eigenvalue weighted by Crippen LogP contribution is -2.20. The molecular formula is C14H14Cl2N2. The van der Waals surface area contributed by atoms with E-state index in [4.69, 9.17) is 23.2 Å². The van der Waals surface area contributed by atoms with Crippen LogP contribution in [0.4, 0.5) is 0 Å². The van der Waals surface area contributed by atoms with E-state index in [1.165, 1.54) is 5.56 Å². The van der Waals surface area contributed by atoms with Gasteiger partial charge in [0.1, 0.15) is 0 Å². The van der Waals surface area contributed by atoms with Crippen molar-refractivity contribution in [3.63, 3.8) is 0 Å². The second-order valence-electron chi connectivity index (χ2n) is 4.05. The van der Waals surface area contributed by atoms with Gasteiger partial charge in [0.15, 0.2) is 0 Å². The molecule has 2 aromatic rings. The van der Waals surface area contributed by atoms with Crippen LogP contribution in [0.2, 0.25) is 10.0 Å². The predicted molar refractivity (Wildman–Crippen MR) is 76.2 cm³/mol. The van der Waals surface area contributed by atoms with Crippen LogP contribution in [0.25, 0.3) is 0 Å². The van der Waals surface area contributed by atoms with Gasteiger partial charge < -0.3 is 5.32 Å². The van der Waals surface area contributed by atoms with E-state index in [2.05, 4.69) is 22.4 Å². The summed E-state index contributed by atoms with van der Waals surface area (Å²) in [7, 11) is 1.90. The first-order valence-electron chi connectivity index (χ1n) is 5.73. The average Bonchev–Trinajstić information content (AvgIpc) is 2.38. The molecular weight excluding hydrogens is 267 g/mol. The molecule has 0 aliphatic heterocycles. The van der Waals surface area contributed by atoms with Crippen molar-refractivity contribution in [2.24, 2.45) is 0 Å². The molecule has 0 amide bonds. The molecule has 4 heteroatoms. The highest BCUT2D eigenvalue weighted by Crippen LogP contribution is 2.25. The van der Waals surface area contributed by atoms with E-state index in [1.54, 1.807) is 12.3 Å². The number of pyridine rings is 1. The third-order valence-corrected chi connectivity index (χ3v) is 3.31. The lowest BCUT2D eigenvalue weighted by atomic mass is 10.0. The fraction of sp³-hybridized carbons (Fsp3) is 0.214. The van der Waals surface area contributed by atoms with Crippen LogP contribution < -0.4 is 5.32 Å². The van der Waals surface area contributed by atoms with Crippen molar-refractivity contribution in [2.75, 3.05) is 7.05 Å². The third kappa shape index (κ3) is 3.22. The molecule has 0 bridgehead atoms. The van der Waals surface area contributed by atoms with Gasteiger partial charge in [-0.15, -0.1) is 0 Å². The summed E-state index contributed by atoms with van der Waals surface area (Å²) in [6, 6.07) is 12.0. The Kier molecular flexibility index (Phi) is 4.59. The number of halogens is 2. The van der Waals surface area contributed by atoms with Gasteiger partial charge in [-0.3, -0.25) is 4.98 Å². The zero-order chi connectivity index (χ0) is 13.0. The van der Waals surface area contributed by atoms with E-state index in [9.17, 15) is 0 Å². The van der Waals surface area contributed by atoms with Crippen LogP contribution in [0.5, 0.6) is 0 Å². The molecule has 1 unspecified atom stereocenters. The zero-order valence-electron chi connectivity index (χ0n) is 10.0. The van der Waals surface area contributed by atoms with Crippen LogP contribution in [-0.4, -0.2) is 12.0 Å². The predicted octanol–water partition coefficient (Wildman–Crippen LogP) is 3.89. The van der Waals surface area contributed by atoms with Crippen molar-refractivity contribution in [3.05, 3.63) is 63.9 Å². The maximum Gasteiger partial charge on any atom is 0.0763 e. The Hall–Kier alpha value is -1.09. The van der Waals surface area contributed by atoms with Crippen molar-refractivity contribution in [1.29, 1.82) is 0 Å². The van der Waals surface area contributed by atoms with Gasteiger partial charge in [0.05, 0.1) is 21.8 Å². The first-order valence-corrected chi connectivity index (χ1v) is 6.48. The fourth-order valence-electron chi connectivity index (χ4n) is 1.87. The summed E-state index contributed by atoms with van der Waals surface area (Å²) in [6.07, 6.45) is 2.46. The fourth-order valence-corrected chi connectivity index (χ4v) is 2.38. The van der Waals surface area contributed by atoms with Crippen LogP contribution in [0, 0.1) is 0 Å². The Morgan fingerprint density at radius 2 is 1.94 bits per heavy atom. The van der Waals surface area contributed by atoms with Crippen LogP contribution >= 0.6 is 23.2 Å². The second-order valence-corrected chi connectivity index (χ2v) is 4.90. The second kappa shape index (κ2) is 6.19. The van der Waals surface area contributed by atoms with Gasteiger partial charge in [-0.25, -0.2) is 0 Å². The lowest BCUT2D eigenvalue weighted by Gasteiger charge is -2.17. The smallest absolute Gasteiger partial charge is 0.0763 e. The maximum atomic E-state index is 6.18. The molecule has 0 spiro atoms. The highest BCUT2D eigenvalue weighted by molar-refractivity contribution is 6.34. The number of hydrogen-bond donors (Lipinski definition) is 1. The van der Waals surface area contributed by atoms with Crippen molar-refractivity contribution >= 4 is 23.2 Å². The topological polar surface area (TPSA) is 24.9 Å². The third-order valence-electron chi connectivity index (χ3n) is 2.80. The minimum atomic E-state index is 0.0807. The monoisotopic (exact) mass is 280 g/mol. The van der Waals surface area contributed by atoms with Crippen molar-refractivity contribution in [2.45, 2.75) is 12.5 Å². The van der Waals surface area contributed by atoms with Crippen LogP contribution in [-0.2, 0) is 6.42 Å². The van der Waals surface area contributed by atoms with Gasteiger partial charge >= 0.3 is 0 Å². The molecule has 1 aromatic heterocycles. The van der Waals surface area contributed by atoms with Gasteiger partial charge in [0, 0.05) is 6.20 Å². The van der Waals surface area contributed by atoms with Crippen molar-refractivity contribution in [1.82, 2.24) is 10.3 Å². The van der Waals surface area contributed by atoms with E-state index < -0.39 is 0 Å². The van der Waals surface area contributed by atoms with E-state index in [-0.39, 0.29) is 6.04 Å². The molecule has 0 saturated carbocycles. The standard InChI is InChI=1S/C14H14Cl2N2/c1-17-13(7-10-5-3-2-4-6-10)14-12(16)8-11(15)9-18-14/h2-6,8-9,13,17H,7H2,1H3. The molecule has 0 fully saturated rings. The molecule has 18 heavy (non-hydrogen) atoms. The van der Waals surface area contributed by atoms with E-state index in [1.807, 2.05) is 25.2 Å². The molecule has 1 atom stereocenters. The van der Waals surface area contributed by atoms with Gasteiger partial charge in [0.2, 0.25) is 0 Å². The molecule has 94 valence electrons. The highest BCUT2D eigenvalue weighted by Gasteiger charge is 2.15. The number of hydrogen-bond acceptors (Lipinski definition) is 2. The maximum absolute atomic E-state index is 6.18. The van der Waals surface area contributed by atoms with Crippen molar-refractivity contribution < 1.29 is 0 Å². The van der Waals surface area contributed by atoms with E-state index in [0.29, 0.717) is 10.0 Å². The summed E-state index contributed by atoms with van der Waals surface area (Å²) < 4.78 is 0. The summed E-state index contributed by atoms with van der Waals surface area (Å²) in [5.41, 5.74) is 2.07. The Morgan fingerprint density at radius 3 is 2.56 bits per heavy atom. The SMILES string of the molecule is CNC(Cc1ccccc1)c1ncc(Cl)cc1Cl. The summed E-state index contributed by atoms with van der Waals surface area (Å²) in [5.74, 6) is 0. The first kappa shape index (κ1) is 13.3. The average molecular weight is 281 g/mol. The minimum Gasteiger partial charge on any atom is -0.311 e. The van der Waals surface area contributed by atoms with Gasteiger partial charge in [0.25, 0.3) is 0 Å². The molecule has 2 rings (SSSR count). The van der Waals surface area contributed by atoms with Crippen molar-refractivity contribution in [3.8, 4) is 0 Å². The van der Waals surface area contributed by atoms with Crippen LogP contribution in [0.15, 0.2) is 42.6 Å². The van der Waals surface area contributed by atoms with Gasteiger partial charge in [-0.05, 0) is 25.1 Å². The number of aromatic nitrogens is 1. The highest BCUT2D eigenvalue weighted by atomic mass is 35.5. The van der Waals surface area contributed by atoms with E-state index in [0.717, 1.165) is 12.1 Å². The molecule has 0 saturated heterocycles. The van der Waals surface area contributed by atoms with Gasteiger partial charge in [-0.1, -0.05) is 53.5 Å². The number of nitrogens with zero attached hydrogens (tertiary/aromatic N) is 1. The molecule has 0 aliphatic carbocycles. The number of benzene rings is 1. The largest absolute Gasteiger partial charge is 0.311 e. The zero-order valence-corrected chi connectivity index (χ0v) is 11.5. The summed E-state index contributed by atoms with van der Waals surface area (Å²) >= 11 is 12.0. The molecule has 0 radical (unpaired) electrons. The number of nitrogens with one attached hydrogen (secondary N) is 1. The molecule has 2 nitrogen and oxygen atoms in total. The van der Waals surface area contributed by atoms with E-state index >= 15 is 0 Å². The van der Waals surface area contributed by atoms with Crippen LogP contribution in [0.3, 0.4) is 0 Å². The molecule has 1 heterocycles. The summed E-state index contributed by atoms with van der Waals surface area (Å²) in [5, 5.41) is 4.39. The molecule has 0 aliphatic rings. The quantitative estimate of drug-likeness (QED) is 0.919. The summed E-state index contributed by atoms with van der Waals surface area (Å²) in [4.78, 5) is 4.32. The Bertz CT molecular complexity index is 514. The molecule has 1 N–H and O–H groups in total. The lowest BCUT2D eigenvalue weighted by molar-refractivity contribution is 0.576. The number of rotatable bonds is 4. The summed E-state index contributed by atoms with van der Waals surface area (Å²) in [6.45, 7) is 0. The number of likely N-dealkylation sites (N-methyl/N-ethyl adjacent to an activating group) is 1. The Morgan fingerprint density at radius 1 is 1.22 bits per heavy atom.